The van der Waals surface area contributed by atoms with Crippen molar-refractivity contribution in [3.8, 4) is 0 Å². The fourth-order valence-electron chi connectivity index (χ4n) is 3.10. The molecule has 1 heterocycles. The van der Waals surface area contributed by atoms with Crippen LogP contribution in [0.1, 0.15) is 50.7 Å². The van der Waals surface area contributed by atoms with Crippen molar-refractivity contribution in [2.75, 3.05) is 0 Å². The molecule has 2 unspecified atom stereocenters. The summed E-state index contributed by atoms with van der Waals surface area (Å²) in [6, 6.07) is 6.83. The number of halogens is 1. The summed E-state index contributed by atoms with van der Waals surface area (Å²) in [6.45, 7) is 1.97. The van der Waals surface area contributed by atoms with E-state index in [9.17, 15) is 4.39 Å². The first-order chi connectivity index (χ1) is 8.70. The number of hydrogen-bond acceptors (Lipinski definition) is 2. The van der Waals surface area contributed by atoms with E-state index in [0.717, 1.165) is 25.7 Å². The van der Waals surface area contributed by atoms with E-state index in [1.165, 1.54) is 12.5 Å². The van der Waals surface area contributed by atoms with Crippen molar-refractivity contribution in [1.82, 2.24) is 0 Å². The topological polar surface area (TPSA) is 18.5 Å². The Labute approximate surface area is 107 Å². The standard InChI is InChI=1S/C15H19FO2/c1-11-14(12-7-3-4-8-13(12)16)18-15(17-11)9-5-2-6-10-15/h3-4,7-8,11,14H,2,5-6,9-10H2,1H3. The number of hydrogen-bond donors (Lipinski definition) is 0. The molecule has 2 fully saturated rings. The molecule has 3 heteroatoms. The maximum absolute atomic E-state index is 13.8. The summed E-state index contributed by atoms with van der Waals surface area (Å²) in [5.74, 6) is -0.657. The summed E-state index contributed by atoms with van der Waals surface area (Å²) in [5.41, 5.74) is 0.618. The molecule has 0 bridgehead atoms. The summed E-state index contributed by atoms with van der Waals surface area (Å²) in [5, 5.41) is 0. The minimum atomic E-state index is -0.454. The largest absolute Gasteiger partial charge is 0.344 e. The molecular weight excluding hydrogens is 231 g/mol. The highest BCUT2D eigenvalue weighted by molar-refractivity contribution is 5.22. The van der Waals surface area contributed by atoms with Crippen molar-refractivity contribution in [1.29, 1.82) is 0 Å². The van der Waals surface area contributed by atoms with Gasteiger partial charge in [-0.3, -0.25) is 0 Å². The third-order valence-corrected chi connectivity index (χ3v) is 4.00. The van der Waals surface area contributed by atoms with Crippen LogP contribution in [0.15, 0.2) is 24.3 Å². The van der Waals surface area contributed by atoms with E-state index in [2.05, 4.69) is 0 Å². The summed E-state index contributed by atoms with van der Waals surface area (Å²) >= 11 is 0. The molecule has 0 N–H and O–H groups in total. The Bertz CT molecular complexity index is 426. The van der Waals surface area contributed by atoms with E-state index in [1.54, 1.807) is 12.1 Å². The molecule has 1 spiro atoms. The molecule has 2 atom stereocenters. The van der Waals surface area contributed by atoms with Gasteiger partial charge in [0.2, 0.25) is 0 Å². The zero-order chi connectivity index (χ0) is 12.6. The predicted octanol–water partition coefficient (Wildman–Crippen LogP) is 3.96. The van der Waals surface area contributed by atoms with E-state index >= 15 is 0 Å². The third kappa shape index (κ3) is 2.06. The lowest BCUT2D eigenvalue weighted by Crippen LogP contribution is -2.33. The lowest BCUT2D eigenvalue weighted by Gasteiger charge is -2.31. The van der Waals surface area contributed by atoms with E-state index in [4.69, 9.17) is 9.47 Å². The van der Waals surface area contributed by atoms with Crippen molar-refractivity contribution in [2.45, 2.75) is 57.0 Å². The molecule has 1 aliphatic heterocycles. The van der Waals surface area contributed by atoms with Gasteiger partial charge in [-0.15, -0.1) is 0 Å². The number of benzene rings is 1. The van der Waals surface area contributed by atoms with Gasteiger partial charge in [0.1, 0.15) is 11.9 Å². The Kier molecular flexibility index (Phi) is 3.12. The quantitative estimate of drug-likeness (QED) is 0.751. The van der Waals surface area contributed by atoms with Crippen LogP contribution in [-0.2, 0) is 9.47 Å². The maximum Gasteiger partial charge on any atom is 0.169 e. The first-order valence-corrected chi connectivity index (χ1v) is 6.80. The average Bonchev–Trinajstić information content (AvgIpc) is 2.67. The highest BCUT2D eigenvalue weighted by Crippen LogP contribution is 2.46. The highest BCUT2D eigenvalue weighted by Gasteiger charge is 2.47. The van der Waals surface area contributed by atoms with E-state index < -0.39 is 5.79 Å². The molecule has 98 valence electrons. The van der Waals surface area contributed by atoms with Crippen LogP contribution in [0.2, 0.25) is 0 Å². The molecule has 0 amide bonds. The summed E-state index contributed by atoms with van der Waals surface area (Å²) in [7, 11) is 0. The first kappa shape index (κ1) is 12.1. The average molecular weight is 250 g/mol. The van der Waals surface area contributed by atoms with Crippen molar-refractivity contribution in [3.63, 3.8) is 0 Å². The Morgan fingerprint density at radius 2 is 1.83 bits per heavy atom. The Hall–Kier alpha value is -0.930. The molecule has 1 saturated carbocycles. The van der Waals surface area contributed by atoms with Crippen molar-refractivity contribution in [3.05, 3.63) is 35.6 Å². The van der Waals surface area contributed by atoms with Crippen LogP contribution < -0.4 is 0 Å². The van der Waals surface area contributed by atoms with E-state index in [0.29, 0.717) is 5.56 Å². The van der Waals surface area contributed by atoms with Crippen LogP contribution in [0.5, 0.6) is 0 Å². The molecule has 3 rings (SSSR count). The van der Waals surface area contributed by atoms with Gasteiger partial charge in [-0.25, -0.2) is 4.39 Å². The first-order valence-electron chi connectivity index (χ1n) is 6.80. The second-order valence-corrected chi connectivity index (χ2v) is 5.35. The fraction of sp³-hybridized carbons (Fsp3) is 0.600. The monoisotopic (exact) mass is 250 g/mol. The van der Waals surface area contributed by atoms with E-state index in [1.807, 2.05) is 13.0 Å². The van der Waals surface area contributed by atoms with Crippen LogP contribution >= 0.6 is 0 Å². The van der Waals surface area contributed by atoms with Gasteiger partial charge >= 0.3 is 0 Å². The number of rotatable bonds is 1. The molecular formula is C15H19FO2. The number of ether oxygens (including phenoxy) is 2. The summed E-state index contributed by atoms with van der Waals surface area (Å²) in [6.07, 6.45) is 5.02. The van der Waals surface area contributed by atoms with Crippen LogP contribution in [0, 0.1) is 5.82 Å². The molecule has 1 aromatic carbocycles. The minimum Gasteiger partial charge on any atom is -0.344 e. The Balaban J connectivity index is 1.84. The predicted molar refractivity (Wildman–Crippen MR) is 66.6 cm³/mol. The molecule has 1 saturated heterocycles. The Morgan fingerprint density at radius 1 is 1.11 bits per heavy atom. The molecule has 1 aromatic rings. The Morgan fingerprint density at radius 3 is 2.56 bits per heavy atom. The van der Waals surface area contributed by atoms with Crippen LogP contribution in [0.3, 0.4) is 0 Å². The fourth-order valence-corrected chi connectivity index (χ4v) is 3.10. The van der Waals surface area contributed by atoms with Gasteiger partial charge in [0.25, 0.3) is 0 Å². The van der Waals surface area contributed by atoms with Gasteiger partial charge in [0.05, 0.1) is 6.10 Å². The lowest BCUT2D eigenvalue weighted by atomic mass is 9.94. The molecule has 18 heavy (non-hydrogen) atoms. The summed E-state index contributed by atoms with van der Waals surface area (Å²) in [4.78, 5) is 0. The van der Waals surface area contributed by atoms with Gasteiger partial charge < -0.3 is 9.47 Å². The van der Waals surface area contributed by atoms with E-state index in [-0.39, 0.29) is 18.0 Å². The van der Waals surface area contributed by atoms with Crippen LogP contribution in [0.25, 0.3) is 0 Å². The van der Waals surface area contributed by atoms with Crippen molar-refractivity contribution in [2.24, 2.45) is 0 Å². The molecule has 2 nitrogen and oxygen atoms in total. The van der Waals surface area contributed by atoms with Crippen LogP contribution in [-0.4, -0.2) is 11.9 Å². The second-order valence-electron chi connectivity index (χ2n) is 5.35. The second kappa shape index (κ2) is 4.63. The van der Waals surface area contributed by atoms with Crippen molar-refractivity contribution < 1.29 is 13.9 Å². The zero-order valence-corrected chi connectivity index (χ0v) is 10.7. The summed E-state index contributed by atoms with van der Waals surface area (Å²) < 4.78 is 26.0. The normalized spacial score (nSPS) is 30.8. The van der Waals surface area contributed by atoms with Gasteiger partial charge in [-0.05, 0) is 25.8 Å². The third-order valence-electron chi connectivity index (χ3n) is 4.00. The maximum atomic E-state index is 13.8. The smallest absolute Gasteiger partial charge is 0.169 e. The molecule has 0 aromatic heterocycles. The zero-order valence-electron chi connectivity index (χ0n) is 10.7. The molecule has 0 radical (unpaired) electrons. The highest BCUT2D eigenvalue weighted by atomic mass is 19.1. The molecule has 2 aliphatic rings. The minimum absolute atomic E-state index is 0.0833. The SMILES string of the molecule is CC1OC2(CCCCC2)OC1c1ccccc1F. The van der Waals surface area contributed by atoms with Crippen molar-refractivity contribution >= 4 is 0 Å². The molecule has 1 aliphatic carbocycles. The van der Waals surface area contributed by atoms with Gasteiger partial charge in [-0.1, -0.05) is 24.6 Å². The van der Waals surface area contributed by atoms with Crippen LogP contribution in [0.4, 0.5) is 4.39 Å². The lowest BCUT2D eigenvalue weighted by molar-refractivity contribution is -0.193. The van der Waals surface area contributed by atoms with Gasteiger partial charge in [0.15, 0.2) is 5.79 Å². The van der Waals surface area contributed by atoms with Gasteiger partial charge in [-0.2, -0.15) is 0 Å². The van der Waals surface area contributed by atoms with Gasteiger partial charge in [0, 0.05) is 18.4 Å².